The Balaban J connectivity index is 1.68. The minimum absolute atomic E-state index is 0.654. The molecular formula is C15H19NO2. The monoisotopic (exact) mass is 245 g/mol. The van der Waals surface area contributed by atoms with Crippen LogP contribution in [0.25, 0.3) is 0 Å². The Labute approximate surface area is 107 Å². The first-order chi connectivity index (χ1) is 8.70. The van der Waals surface area contributed by atoms with Gasteiger partial charge in [-0.1, -0.05) is 18.2 Å². The van der Waals surface area contributed by atoms with Crippen molar-refractivity contribution in [2.75, 3.05) is 0 Å². The maximum atomic E-state index is 11.2. The summed E-state index contributed by atoms with van der Waals surface area (Å²) in [6.07, 6.45) is 6.16. The van der Waals surface area contributed by atoms with Crippen LogP contribution in [0.1, 0.15) is 42.4 Å². The largest absolute Gasteiger partial charge is 0.480 e. The predicted molar refractivity (Wildman–Crippen MR) is 69.5 cm³/mol. The van der Waals surface area contributed by atoms with Gasteiger partial charge in [-0.15, -0.1) is 0 Å². The Bertz CT molecular complexity index is 477. The van der Waals surface area contributed by atoms with Gasteiger partial charge in [-0.3, -0.25) is 10.1 Å². The van der Waals surface area contributed by atoms with Gasteiger partial charge in [0, 0.05) is 6.54 Å². The molecule has 0 atom stereocenters. The predicted octanol–water partition coefficient (Wildman–Crippen LogP) is 2.27. The van der Waals surface area contributed by atoms with E-state index in [9.17, 15) is 9.90 Å². The second-order valence-electron chi connectivity index (χ2n) is 5.55. The highest BCUT2D eigenvalue weighted by atomic mass is 16.4. The summed E-state index contributed by atoms with van der Waals surface area (Å²) in [5.41, 5.74) is 3.48. The zero-order chi connectivity index (χ0) is 12.6. The number of nitrogens with one attached hydrogen (secondary N) is 1. The van der Waals surface area contributed by atoms with Gasteiger partial charge in [-0.25, -0.2) is 0 Å². The van der Waals surface area contributed by atoms with Crippen molar-refractivity contribution in [1.82, 2.24) is 5.32 Å². The van der Waals surface area contributed by atoms with Crippen LogP contribution in [0.4, 0.5) is 0 Å². The minimum Gasteiger partial charge on any atom is -0.480 e. The van der Waals surface area contributed by atoms with E-state index in [0.717, 1.165) is 19.3 Å². The van der Waals surface area contributed by atoms with Gasteiger partial charge >= 0.3 is 5.97 Å². The molecule has 0 amide bonds. The number of hydrogen-bond donors (Lipinski definition) is 2. The third kappa shape index (κ3) is 1.93. The lowest BCUT2D eigenvalue weighted by Gasteiger charge is -2.38. The van der Waals surface area contributed by atoms with E-state index in [0.29, 0.717) is 6.54 Å². The molecule has 2 aliphatic carbocycles. The van der Waals surface area contributed by atoms with Crippen LogP contribution >= 0.6 is 0 Å². The average molecular weight is 245 g/mol. The van der Waals surface area contributed by atoms with Gasteiger partial charge in [0.05, 0.1) is 0 Å². The van der Waals surface area contributed by atoms with E-state index < -0.39 is 11.5 Å². The van der Waals surface area contributed by atoms with Crippen LogP contribution in [0.2, 0.25) is 0 Å². The van der Waals surface area contributed by atoms with Crippen molar-refractivity contribution in [1.29, 1.82) is 0 Å². The van der Waals surface area contributed by atoms with E-state index in [1.807, 2.05) is 0 Å². The summed E-state index contributed by atoms with van der Waals surface area (Å²) >= 11 is 0. The highest BCUT2D eigenvalue weighted by Gasteiger charge is 2.43. The first-order valence-corrected chi connectivity index (χ1v) is 6.79. The van der Waals surface area contributed by atoms with Gasteiger partial charge in [0.15, 0.2) is 0 Å². The molecule has 0 heterocycles. The molecule has 1 fully saturated rings. The number of benzene rings is 1. The van der Waals surface area contributed by atoms with Crippen LogP contribution in [0.15, 0.2) is 18.2 Å². The van der Waals surface area contributed by atoms with Crippen LogP contribution in [-0.4, -0.2) is 16.6 Å². The number of rotatable bonds is 4. The molecule has 0 aromatic heterocycles. The molecule has 3 rings (SSSR count). The quantitative estimate of drug-likeness (QED) is 0.855. The molecule has 3 heteroatoms. The molecule has 1 aromatic rings. The van der Waals surface area contributed by atoms with E-state index in [-0.39, 0.29) is 0 Å². The Morgan fingerprint density at radius 2 is 2.00 bits per heavy atom. The van der Waals surface area contributed by atoms with Crippen LogP contribution in [-0.2, 0) is 24.2 Å². The van der Waals surface area contributed by atoms with Crippen molar-refractivity contribution in [3.8, 4) is 0 Å². The van der Waals surface area contributed by atoms with Crippen molar-refractivity contribution in [3.05, 3.63) is 34.9 Å². The highest BCUT2D eigenvalue weighted by molar-refractivity contribution is 5.79. The molecule has 0 bridgehead atoms. The molecule has 96 valence electrons. The number of carboxylic acid groups (broad SMARTS) is 1. The molecule has 2 aliphatic rings. The maximum Gasteiger partial charge on any atom is 0.323 e. The molecule has 3 nitrogen and oxygen atoms in total. The lowest BCUT2D eigenvalue weighted by atomic mass is 9.76. The second kappa shape index (κ2) is 4.39. The Morgan fingerprint density at radius 3 is 2.67 bits per heavy atom. The fourth-order valence-electron chi connectivity index (χ4n) is 3.00. The number of hydrogen-bond acceptors (Lipinski definition) is 2. The van der Waals surface area contributed by atoms with Gasteiger partial charge in [-0.2, -0.15) is 0 Å². The summed E-state index contributed by atoms with van der Waals surface area (Å²) in [6.45, 7) is 0.666. The van der Waals surface area contributed by atoms with E-state index >= 15 is 0 Å². The van der Waals surface area contributed by atoms with Gasteiger partial charge in [0.25, 0.3) is 0 Å². The third-order valence-electron chi connectivity index (χ3n) is 4.41. The lowest BCUT2D eigenvalue weighted by Crippen LogP contribution is -2.56. The van der Waals surface area contributed by atoms with Gasteiger partial charge in [-0.05, 0) is 55.2 Å². The highest BCUT2D eigenvalue weighted by Crippen LogP contribution is 2.32. The number of carboxylic acids is 1. The molecule has 0 saturated heterocycles. The van der Waals surface area contributed by atoms with Crippen molar-refractivity contribution in [2.45, 2.75) is 50.6 Å². The maximum absolute atomic E-state index is 11.2. The van der Waals surface area contributed by atoms with Crippen molar-refractivity contribution in [2.24, 2.45) is 0 Å². The Kier molecular flexibility index (Phi) is 2.86. The average Bonchev–Trinajstić information content (AvgIpc) is 2.74. The summed E-state index contributed by atoms with van der Waals surface area (Å²) < 4.78 is 0. The fourth-order valence-corrected chi connectivity index (χ4v) is 3.00. The molecule has 18 heavy (non-hydrogen) atoms. The Morgan fingerprint density at radius 1 is 1.22 bits per heavy atom. The zero-order valence-electron chi connectivity index (χ0n) is 10.5. The summed E-state index contributed by atoms with van der Waals surface area (Å²) in [6, 6.07) is 6.57. The fraction of sp³-hybridized carbons (Fsp3) is 0.533. The number of aryl methyl sites for hydroxylation is 2. The van der Waals surface area contributed by atoms with Crippen LogP contribution in [0, 0.1) is 0 Å². The molecule has 2 N–H and O–H groups in total. The summed E-state index contributed by atoms with van der Waals surface area (Å²) in [5.74, 6) is -0.699. The smallest absolute Gasteiger partial charge is 0.323 e. The molecule has 0 aliphatic heterocycles. The zero-order valence-corrected chi connectivity index (χ0v) is 10.5. The van der Waals surface area contributed by atoms with Crippen molar-refractivity contribution < 1.29 is 9.90 Å². The first-order valence-electron chi connectivity index (χ1n) is 6.79. The second-order valence-corrected chi connectivity index (χ2v) is 5.55. The summed E-state index contributed by atoms with van der Waals surface area (Å²) in [7, 11) is 0. The SMILES string of the molecule is O=C(O)C1(NCc2ccc3c(c2)CCC3)CCC1. The number of carbonyl (C=O) groups is 1. The van der Waals surface area contributed by atoms with Crippen LogP contribution < -0.4 is 5.32 Å². The third-order valence-corrected chi connectivity index (χ3v) is 4.41. The molecule has 0 unspecified atom stereocenters. The van der Waals surface area contributed by atoms with E-state index in [2.05, 4.69) is 23.5 Å². The molecule has 0 radical (unpaired) electrons. The van der Waals surface area contributed by atoms with Crippen LogP contribution in [0.3, 0.4) is 0 Å². The molecule has 0 spiro atoms. The standard InChI is InChI=1S/C15H19NO2/c17-14(18)15(7-2-8-15)16-10-11-5-6-12-3-1-4-13(12)9-11/h5-6,9,16H,1-4,7-8,10H2,(H,17,18). The van der Waals surface area contributed by atoms with E-state index in [1.165, 1.54) is 36.0 Å². The normalized spacial score (nSPS) is 20.2. The van der Waals surface area contributed by atoms with Crippen LogP contribution in [0.5, 0.6) is 0 Å². The van der Waals surface area contributed by atoms with E-state index in [4.69, 9.17) is 0 Å². The lowest BCUT2D eigenvalue weighted by molar-refractivity contribution is -0.148. The number of fused-ring (bicyclic) bond motifs is 1. The summed E-state index contributed by atoms with van der Waals surface area (Å²) in [4.78, 5) is 11.2. The summed E-state index contributed by atoms with van der Waals surface area (Å²) in [5, 5.41) is 12.5. The topological polar surface area (TPSA) is 49.3 Å². The number of aliphatic carboxylic acids is 1. The van der Waals surface area contributed by atoms with Gasteiger partial charge in [0.1, 0.15) is 5.54 Å². The molecule has 1 aromatic carbocycles. The van der Waals surface area contributed by atoms with Crippen molar-refractivity contribution in [3.63, 3.8) is 0 Å². The molecular weight excluding hydrogens is 226 g/mol. The Hall–Kier alpha value is -1.35. The van der Waals surface area contributed by atoms with Gasteiger partial charge in [0.2, 0.25) is 0 Å². The minimum atomic E-state index is -0.699. The first kappa shape index (κ1) is 11.7. The van der Waals surface area contributed by atoms with E-state index in [1.54, 1.807) is 0 Å². The van der Waals surface area contributed by atoms with Crippen molar-refractivity contribution >= 4 is 5.97 Å². The van der Waals surface area contributed by atoms with Gasteiger partial charge < -0.3 is 5.11 Å². The molecule has 1 saturated carbocycles.